The Labute approximate surface area is 104 Å². The van der Waals surface area contributed by atoms with E-state index in [1.165, 1.54) is 25.7 Å². The molecule has 0 amide bonds. The predicted octanol–water partition coefficient (Wildman–Crippen LogP) is 3.33. The van der Waals surface area contributed by atoms with E-state index in [4.69, 9.17) is 0 Å². The van der Waals surface area contributed by atoms with Crippen LogP contribution in [-0.2, 0) is 0 Å². The predicted molar refractivity (Wildman–Crippen MR) is 71.1 cm³/mol. The summed E-state index contributed by atoms with van der Waals surface area (Å²) in [6.07, 6.45) is 7.29. The molecule has 17 heavy (non-hydrogen) atoms. The van der Waals surface area contributed by atoms with Gasteiger partial charge in [-0.05, 0) is 38.5 Å². The third kappa shape index (κ3) is 3.42. The number of rotatable bonds is 3. The van der Waals surface area contributed by atoms with Crippen LogP contribution < -0.4 is 5.32 Å². The highest BCUT2D eigenvalue weighted by Gasteiger charge is 2.18. The molecule has 2 rings (SSSR count). The summed E-state index contributed by atoms with van der Waals surface area (Å²) >= 11 is 0. The third-order valence-electron chi connectivity index (χ3n) is 3.77. The van der Waals surface area contributed by atoms with Gasteiger partial charge in [-0.1, -0.05) is 19.8 Å². The van der Waals surface area contributed by atoms with Crippen LogP contribution in [0.25, 0.3) is 0 Å². The van der Waals surface area contributed by atoms with Gasteiger partial charge in [-0.3, -0.25) is 4.98 Å². The van der Waals surface area contributed by atoms with E-state index in [0.717, 1.165) is 35.6 Å². The van der Waals surface area contributed by atoms with E-state index in [-0.39, 0.29) is 0 Å². The summed E-state index contributed by atoms with van der Waals surface area (Å²) in [5.41, 5.74) is 1.98. The monoisotopic (exact) mass is 233 g/mol. The molecule has 0 bridgehead atoms. The Hall–Kier alpha value is -1.12. The average molecular weight is 233 g/mol. The first-order valence-electron chi connectivity index (χ1n) is 6.69. The zero-order chi connectivity index (χ0) is 12.3. The van der Waals surface area contributed by atoms with Crippen LogP contribution in [0.5, 0.6) is 0 Å². The zero-order valence-corrected chi connectivity index (χ0v) is 11.2. The van der Waals surface area contributed by atoms with Crippen LogP contribution >= 0.6 is 0 Å². The van der Waals surface area contributed by atoms with Crippen molar-refractivity contribution in [1.82, 2.24) is 9.97 Å². The van der Waals surface area contributed by atoms with E-state index in [2.05, 4.69) is 22.2 Å². The molecule has 3 heteroatoms. The first-order valence-corrected chi connectivity index (χ1v) is 6.69. The fourth-order valence-electron chi connectivity index (χ4n) is 2.48. The van der Waals surface area contributed by atoms with Gasteiger partial charge < -0.3 is 5.32 Å². The molecule has 1 fully saturated rings. The second-order valence-corrected chi connectivity index (χ2v) is 5.45. The molecule has 94 valence electrons. The number of hydrogen-bond donors (Lipinski definition) is 1. The maximum absolute atomic E-state index is 4.50. The number of aryl methyl sites for hydroxylation is 2. The first kappa shape index (κ1) is 12.3. The van der Waals surface area contributed by atoms with Crippen molar-refractivity contribution in [1.29, 1.82) is 0 Å². The molecular weight excluding hydrogens is 210 g/mol. The van der Waals surface area contributed by atoms with E-state index in [1.807, 2.05) is 20.0 Å². The Morgan fingerprint density at radius 2 is 1.94 bits per heavy atom. The largest absolute Gasteiger partial charge is 0.368 e. The molecule has 0 saturated heterocycles. The highest BCUT2D eigenvalue weighted by molar-refractivity contribution is 5.39. The molecule has 0 aromatic carbocycles. The van der Waals surface area contributed by atoms with E-state index >= 15 is 0 Å². The molecule has 1 aliphatic carbocycles. The maximum Gasteiger partial charge on any atom is 0.147 e. The molecule has 1 aromatic heterocycles. The Morgan fingerprint density at radius 1 is 1.24 bits per heavy atom. The molecule has 0 unspecified atom stereocenters. The van der Waals surface area contributed by atoms with Crippen LogP contribution in [-0.4, -0.2) is 16.5 Å². The molecule has 0 radical (unpaired) electrons. The number of anilines is 1. The van der Waals surface area contributed by atoms with Gasteiger partial charge in [0.25, 0.3) is 0 Å². The Bertz CT molecular complexity index is 368. The van der Waals surface area contributed by atoms with Crippen LogP contribution in [0.1, 0.15) is 44.0 Å². The molecule has 0 atom stereocenters. The van der Waals surface area contributed by atoms with Crippen LogP contribution in [0.15, 0.2) is 6.20 Å². The van der Waals surface area contributed by atoms with Gasteiger partial charge in [0.2, 0.25) is 0 Å². The van der Waals surface area contributed by atoms with Crippen molar-refractivity contribution in [3.63, 3.8) is 0 Å². The highest BCUT2D eigenvalue weighted by Crippen LogP contribution is 2.28. The summed E-state index contributed by atoms with van der Waals surface area (Å²) in [7, 11) is 0. The molecule has 1 saturated carbocycles. The van der Waals surface area contributed by atoms with E-state index in [1.54, 1.807) is 0 Å². The second kappa shape index (κ2) is 5.48. The number of hydrogen-bond acceptors (Lipinski definition) is 3. The van der Waals surface area contributed by atoms with Crippen molar-refractivity contribution in [2.75, 3.05) is 11.9 Å². The minimum atomic E-state index is 0.813. The Kier molecular flexibility index (Phi) is 3.97. The van der Waals surface area contributed by atoms with Gasteiger partial charge in [-0.15, -0.1) is 0 Å². The summed E-state index contributed by atoms with van der Waals surface area (Å²) in [5, 5.41) is 3.46. The minimum absolute atomic E-state index is 0.813. The van der Waals surface area contributed by atoms with E-state index < -0.39 is 0 Å². The van der Waals surface area contributed by atoms with Crippen LogP contribution in [0.2, 0.25) is 0 Å². The van der Waals surface area contributed by atoms with Crippen molar-refractivity contribution < 1.29 is 0 Å². The SMILES string of the molecule is Cc1cnc(C)c(NCC2CCC(C)CC2)n1. The zero-order valence-electron chi connectivity index (χ0n) is 11.2. The van der Waals surface area contributed by atoms with Crippen molar-refractivity contribution >= 4 is 5.82 Å². The average Bonchev–Trinajstić information content (AvgIpc) is 2.32. The lowest BCUT2D eigenvalue weighted by atomic mass is 9.83. The lowest BCUT2D eigenvalue weighted by molar-refractivity contribution is 0.300. The van der Waals surface area contributed by atoms with Gasteiger partial charge in [-0.25, -0.2) is 4.98 Å². The summed E-state index contributed by atoms with van der Waals surface area (Å²) < 4.78 is 0. The van der Waals surface area contributed by atoms with E-state index in [9.17, 15) is 0 Å². The minimum Gasteiger partial charge on any atom is -0.368 e. The standard InChI is InChI=1S/C14H23N3/c1-10-4-6-13(7-5-10)9-16-14-12(3)15-8-11(2)17-14/h8,10,13H,4-7,9H2,1-3H3,(H,16,17). The number of aromatic nitrogens is 2. The lowest BCUT2D eigenvalue weighted by Gasteiger charge is -2.26. The topological polar surface area (TPSA) is 37.8 Å². The first-order chi connectivity index (χ1) is 8.15. The van der Waals surface area contributed by atoms with Crippen LogP contribution in [0, 0.1) is 25.7 Å². The third-order valence-corrected chi connectivity index (χ3v) is 3.77. The van der Waals surface area contributed by atoms with Crippen molar-refractivity contribution in [2.45, 2.75) is 46.5 Å². The van der Waals surface area contributed by atoms with E-state index in [0.29, 0.717) is 0 Å². The summed E-state index contributed by atoms with van der Waals surface area (Å²) in [6, 6.07) is 0. The van der Waals surface area contributed by atoms with Gasteiger partial charge in [0.1, 0.15) is 5.82 Å². The summed E-state index contributed by atoms with van der Waals surface area (Å²) in [4.78, 5) is 8.83. The van der Waals surface area contributed by atoms with Gasteiger partial charge in [-0.2, -0.15) is 0 Å². The molecule has 0 spiro atoms. The smallest absolute Gasteiger partial charge is 0.147 e. The molecular formula is C14H23N3. The molecule has 1 aliphatic rings. The summed E-state index contributed by atoms with van der Waals surface area (Å²) in [5.74, 6) is 2.70. The van der Waals surface area contributed by atoms with Gasteiger partial charge >= 0.3 is 0 Å². The molecule has 0 aliphatic heterocycles. The van der Waals surface area contributed by atoms with Crippen LogP contribution in [0.3, 0.4) is 0 Å². The molecule has 3 nitrogen and oxygen atoms in total. The fraction of sp³-hybridized carbons (Fsp3) is 0.714. The Balaban J connectivity index is 1.87. The molecule has 1 N–H and O–H groups in total. The van der Waals surface area contributed by atoms with Gasteiger partial charge in [0.15, 0.2) is 0 Å². The Morgan fingerprint density at radius 3 is 2.65 bits per heavy atom. The quantitative estimate of drug-likeness (QED) is 0.870. The molecule has 1 aromatic rings. The van der Waals surface area contributed by atoms with Gasteiger partial charge in [0, 0.05) is 12.7 Å². The number of nitrogens with one attached hydrogen (secondary N) is 1. The van der Waals surface area contributed by atoms with Crippen molar-refractivity contribution in [2.24, 2.45) is 11.8 Å². The maximum atomic E-state index is 4.50. The van der Waals surface area contributed by atoms with Crippen LogP contribution in [0.4, 0.5) is 5.82 Å². The van der Waals surface area contributed by atoms with Crippen molar-refractivity contribution in [3.05, 3.63) is 17.6 Å². The fourth-order valence-corrected chi connectivity index (χ4v) is 2.48. The molecule has 1 heterocycles. The lowest BCUT2D eigenvalue weighted by Crippen LogP contribution is -2.21. The second-order valence-electron chi connectivity index (χ2n) is 5.45. The normalized spacial score (nSPS) is 24.6. The highest BCUT2D eigenvalue weighted by atomic mass is 15.0. The van der Waals surface area contributed by atoms with Crippen molar-refractivity contribution in [3.8, 4) is 0 Å². The summed E-state index contributed by atoms with van der Waals surface area (Å²) in [6.45, 7) is 7.41. The van der Waals surface area contributed by atoms with Gasteiger partial charge in [0.05, 0.1) is 11.4 Å². The number of nitrogens with zero attached hydrogens (tertiary/aromatic N) is 2.